The largest absolute Gasteiger partial charge is 0.325 e. The van der Waals surface area contributed by atoms with E-state index in [-0.39, 0.29) is 11.9 Å². The highest BCUT2D eigenvalue weighted by Crippen LogP contribution is 2.39. The number of benzene rings is 3. The van der Waals surface area contributed by atoms with E-state index in [1.165, 1.54) is 17.3 Å². The van der Waals surface area contributed by atoms with E-state index in [0.29, 0.717) is 5.16 Å². The first-order valence-electron chi connectivity index (χ1n) is 10.9. The maximum Gasteiger partial charge on any atom is 0.240 e. The van der Waals surface area contributed by atoms with E-state index in [1.54, 1.807) is 0 Å². The Morgan fingerprint density at radius 1 is 0.939 bits per heavy atom. The van der Waals surface area contributed by atoms with Gasteiger partial charge in [-0.3, -0.25) is 4.79 Å². The maximum atomic E-state index is 13.5. The van der Waals surface area contributed by atoms with Crippen LogP contribution in [-0.4, -0.2) is 26.0 Å². The van der Waals surface area contributed by atoms with Gasteiger partial charge in [-0.1, -0.05) is 84.1 Å². The van der Waals surface area contributed by atoms with Crippen LogP contribution in [0.5, 0.6) is 0 Å². The van der Waals surface area contributed by atoms with Crippen LogP contribution in [0.25, 0.3) is 11.4 Å². The zero-order valence-electron chi connectivity index (χ0n) is 18.7. The molecule has 3 aromatic carbocycles. The predicted molar refractivity (Wildman–Crippen MR) is 133 cm³/mol. The Kier molecular flexibility index (Phi) is 5.64. The number of aromatic nitrogens is 3. The molecule has 166 valence electrons. The fraction of sp³-hybridized carbons (Fsp3) is 0.192. The summed E-state index contributed by atoms with van der Waals surface area (Å²) >= 11 is 1.43. The summed E-state index contributed by atoms with van der Waals surface area (Å²) in [6.07, 6.45) is 0. The normalized spacial score (nSPS) is 17.2. The molecule has 1 aliphatic rings. The van der Waals surface area contributed by atoms with Crippen molar-refractivity contribution in [3.63, 3.8) is 0 Å². The average molecular weight is 456 g/mol. The van der Waals surface area contributed by atoms with E-state index in [9.17, 15) is 4.79 Å². The van der Waals surface area contributed by atoms with Gasteiger partial charge in [0, 0.05) is 11.3 Å². The minimum Gasteiger partial charge on any atom is -0.325 e. The van der Waals surface area contributed by atoms with E-state index in [0.717, 1.165) is 33.8 Å². The molecule has 4 aromatic rings. The highest BCUT2D eigenvalue weighted by Gasteiger charge is 2.38. The third-order valence-corrected chi connectivity index (χ3v) is 7.24. The van der Waals surface area contributed by atoms with Gasteiger partial charge in [-0.2, -0.15) is 0 Å². The Balaban J connectivity index is 1.52. The smallest absolute Gasteiger partial charge is 0.240 e. The number of anilines is 1. The number of hydrogen-bond acceptors (Lipinski definition) is 5. The quantitative estimate of drug-likeness (QED) is 0.439. The van der Waals surface area contributed by atoms with Gasteiger partial charge in [0.2, 0.25) is 11.1 Å². The molecule has 0 radical (unpaired) electrons. The summed E-state index contributed by atoms with van der Waals surface area (Å²) in [5.74, 6) is 0.658. The van der Waals surface area contributed by atoms with Crippen LogP contribution in [0.3, 0.4) is 0 Å². The summed E-state index contributed by atoms with van der Waals surface area (Å²) in [5.41, 5.74) is 9.75. The summed E-state index contributed by atoms with van der Waals surface area (Å²) in [5, 5.41) is 12.2. The summed E-state index contributed by atoms with van der Waals surface area (Å²) < 4.78 is 1.90. The topological polar surface area (TPSA) is 71.8 Å². The molecule has 5 rings (SSSR count). The highest BCUT2D eigenvalue weighted by atomic mass is 32.2. The first-order chi connectivity index (χ1) is 16.0. The molecule has 6 nitrogen and oxygen atoms in total. The first kappa shape index (κ1) is 21.3. The van der Waals surface area contributed by atoms with E-state index < -0.39 is 5.25 Å². The van der Waals surface area contributed by atoms with Crippen molar-refractivity contribution < 1.29 is 4.79 Å². The number of nitrogens with one attached hydrogen (secondary N) is 2. The standard InChI is InChI=1S/C26H25N5OS/c1-16-12-14-19(15-13-16)22-23(25(32)27-21-11-7-8-17(2)18(21)3)33-26-29-28-24(31(26)30-22)20-9-5-4-6-10-20/h4-15,22-23,30H,1-3H3,(H,27,32)/t22-,23-/m1/s1. The van der Waals surface area contributed by atoms with Gasteiger partial charge in [0.1, 0.15) is 5.25 Å². The van der Waals surface area contributed by atoms with Crippen molar-refractivity contribution in [3.8, 4) is 11.4 Å². The second-order valence-electron chi connectivity index (χ2n) is 8.30. The number of aryl methyl sites for hydroxylation is 2. The van der Waals surface area contributed by atoms with Crippen molar-refractivity contribution in [3.05, 3.63) is 95.1 Å². The van der Waals surface area contributed by atoms with Crippen LogP contribution < -0.4 is 10.7 Å². The Morgan fingerprint density at radius 3 is 2.45 bits per heavy atom. The molecule has 1 aromatic heterocycles. The van der Waals surface area contributed by atoms with E-state index in [4.69, 9.17) is 0 Å². The van der Waals surface area contributed by atoms with Gasteiger partial charge >= 0.3 is 0 Å². The van der Waals surface area contributed by atoms with E-state index in [2.05, 4.69) is 52.1 Å². The van der Waals surface area contributed by atoms with Crippen molar-refractivity contribution in [2.75, 3.05) is 10.7 Å². The molecular formula is C26H25N5OS. The summed E-state index contributed by atoms with van der Waals surface area (Å²) in [7, 11) is 0. The zero-order chi connectivity index (χ0) is 22.9. The van der Waals surface area contributed by atoms with Crippen molar-refractivity contribution >= 4 is 23.4 Å². The first-order valence-corrected chi connectivity index (χ1v) is 11.8. The molecule has 1 amide bonds. The second kappa shape index (κ2) is 8.75. The molecule has 1 aliphatic heterocycles. The number of carbonyl (C=O) groups excluding carboxylic acids is 1. The summed E-state index contributed by atoms with van der Waals surface area (Å²) in [6.45, 7) is 6.13. The van der Waals surface area contributed by atoms with Crippen LogP contribution in [0.1, 0.15) is 28.3 Å². The molecule has 0 spiro atoms. The molecule has 2 atom stereocenters. The van der Waals surface area contributed by atoms with Crippen LogP contribution >= 0.6 is 11.8 Å². The van der Waals surface area contributed by atoms with E-state index in [1.807, 2.05) is 67.1 Å². The Hall–Kier alpha value is -3.58. The Morgan fingerprint density at radius 2 is 1.70 bits per heavy atom. The zero-order valence-corrected chi connectivity index (χ0v) is 19.6. The van der Waals surface area contributed by atoms with Gasteiger partial charge in [-0.05, 0) is 43.5 Å². The number of rotatable bonds is 4. The average Bonchev–Trinajstić information content (AvgIpc) is 3.25. The van der Waals surface area contributed by atoms with Crippen molar-refractivity contribution in [2.45, 2.75) is 37.2 Å². The van der Waals surface area contributed by atoms with Gasteiger partial charge in [0.15, 0.2) is 5.82 Å². The van der Waals surface area contributed by atoms with Crippen LogP contribution in [0.15, 0.2) is 78.0 Å². The SMILES string of the molecule is Cc1ccc([C@H]2Nn3c(nnc3-c3ccccc3)S[C@H]2C(=O)Nc2cccc(C)c2C)cc1. The molecule has 0 bridgehead atoms. The molecule has 2 heterocycles. The lowest BCUT2D eigenvalue weighted by Gasteiger charge is -2.33. The minimum atomic E-state index is -0.423. The molecule has 33 heavy (non-hydrogen) atoms. The van der Waals surface area contributed by atoms with Crippen LogP contribution in [0.4, 0.5) is 5.69 Å². The number of amides is 1. The number of fused-ring (bicyclic) bond motifs is 1. The van der Waals surface area contributed by atoms with Gasteiger partial charge in [0.05, 0.1) is 6.04 Å². The predicted octanol–water partition coefficient (Wildman–Crippen LogP) is 5.27. The van der Waals surface area contributed by atoms with Gasteiger partial charge in [-0.25, -0.2) is 4.68 Å². The molecule has 0 unspecified atom stereocenters. The van der Waals surface area contributed by atoms with E-state index >= 15 is 0 Å². The molecule has 0 fully saturated rings. The van der Waals surface area contributed by atoms with Crippen LogP contribution in [0, 0.1) is 20.8 Å². The minimum absolute atomic E-state index is 0.0673. The third-order valence-electron chi connectivity index (χ3n) is 6.03. The summed E-state index contributed by atoms with van der Waals surface area (Å²) in [4.78, 5) is 13.5. The fourth-order valence-corrected chi connectivity index (χ4v) is 5.02. The lowest BCUT2D eigenvalue weighted by molar-refractivity contribution is -0.116. The van der Waals surface area contributed by atoms with Crippen molar-refractivity contribution in [1.29, 1.82) is 0 Å². The monoisotopic (exact) mass is 455 g/mol. The Labute approximate surface area is 197 Å². The molecule has 2 N–H and O–H groups in total. The molecule has 0 saturated carbocycles. The molecular weight excluding hydrogens is 430 g/mol. The van der Waals surface area contributed by atoms with Gasteiger partial charge in [0.25, 0.3) is 0 Å². The van der Waals surface area contributed by atoms with Crippen molar-refractivity contribution in [1.82, 2.24) is 14.9 Å². The van der Waals surface area contributed by atoms with Crippen molar-refractivity contribution in [2.24, 2.45) is 0 Å². The molecule has 0 aliphatic carbocycles. The second-order valence-corrected chi connectivity index (χ2v) is 9.41. The fourth-order valence-electron chi connectivity index (χ4n) is 3.94. The van der Waals surface area contributed by atoms with Gasteiger partial charge in [-0.15, -0.1) is 10.2 Å². The lowest BCUT2D eigenvalue weighted by Crippen LogP contribution is -2.41. The lowest BCUT2D eigenvalue weighted by atomic mass is 10.0. The number of hydrogen-bond donors (Lipinski definition) is 2. The van der Waals surface area contributed by atoms with Gasteiger partial charge < -0.3 is 10.7 Å². The third kappa shape index (κ3) is 4.12. The molecule has 0 saturated heterocycles. The highest BCUT2D eigenvalue weighted by molar-refractivity contribution is 8.00. The Bertz CT molecular complexity index is 1300. The van der Waals surface area contributed by atoms with Crippen LogP contribution in [-0.2, 0) is 4.79 Å². The maximum absolute atomic E-state index is 13.5. The number of thioether (sulfide) groups is 1. The number of carbonyl (C=O) groups is 1. The number of nitrogens with zero attached hydrogens (tertiary/aromatic N) is 3. The van der Waals surface area contributed by atoms with Crippen LogP contribution in [0.2, 0.25) is 0 Å². The summed E-state index contributed by atoms with van der Waals surface area (Å²) in [6, 6.07) is 23.9. The molecule has 7 heteroatoms.